The number of carboxylic acids is 1. The molecule has 0 unspecified atom stereocenters. The zero-order valence-electron chi connectivity index (χ0n) is 10.7. The van der Waals surface area contributed by atoms with Gasteiger partial charge < -0.3 is 19.5 Å². The number of hydrogen-bond acceptors (Lipinski definition) is 4. The van der Waals surface area contributed by atoms with Gasteiger partial charge in [-0.2, -0.15) is 0 Å². The molecule has 0 aromatic rings. The summed E-state index contributed by atoms with van der Waals surface area (Å²) in [7, 11) is 0. The minimum atomic E-state index is -1.12. The molecular formula is C12H20NO4-. The van der Waals surface area contributed by atoms with E-state index in [9.17, 15) is 14.7 Å². The molecule has 0 aliphatic carbocycles. The van der Waals surface area contributed by atoms with E-state index in [1.807, 2.05) is 0 Å². The maximum absolute atomic E-state index is 11.9. The lowest BCUT2D eigenvalue weighted by atomic mass is 10.00. The molecule has 1 fully saturated rings. The van der Waals surface area contributed by atoms with E-state index in [1.54, 1.807) is 20.8 Å². The van der Waals surface area contributed by atoms with Crippen molar-refractivity contribution in [3.05, 3.63) is 0 Å². The second-order valence-corrected chi connectivity index (χ2v) is 5.40. The monoisotopic (exact) mass is 242 g/mol. The average molecular weight is 242 g/mol. The van der Waals surface area contributed by atoms with Crippen LogP contribution < -0.4 is 5.11 Å². The van der Waals surface area contributed by atoms with E-state index < -0.39 is 17.7 Å². The van der Waals surface area contributed by atoms with Crippen LogP contribution in [0.4, 0.5) is 4.79 Å². The van der Waals surface area contributed by atoms with Gasteiger partial charge in [-0.15, -0.1) is 0 Å². The van der Waals surface area contributed by atoms with Crippen molar-refractivity contribution in [1.82, 2.24) is 4.90 Å². The number of amides is 1. The molecule has 0 spiro atoms. The van der Waals surface area contributed by atoms with E-state index in [2.05, 4.69) is 0 Å². The summed E-state index contributed by atoms with van der Waals surface area (Å²) in [5.41, 5.74) is -0.555. The number of likely N-dealkylation sites (tertiary alicyclic amines) is 1. The number of rotatable bonds is 2. The number of nitrogens with zero attached hydrogens (tertiary/aromatic N) is 1. The second-order valence-electron chi connectivity index (χ2n) is 5.40. The van der Waals surface area contributed by atoms with Crippen molar-refractivity contribution in [2.24, 2.45) is 0 Å². The summed E-state index contributed by atoms with van der Waals surface area (Å²) >= 11 is 0. The summed E-state index contributed by atoms with van der Waals surface area (Å²) in [6, 6.07) is -0.288. The fourth-order valence-corrected chi connectivity index (χ4v) is 1.97. The number of piperidine rings is 1. The first-order valence-electron chi connectivity index (χ1n) is 5.99. The molecule has 0 saturated carbocycles. The molecule has 1 saturated heterocycles. The summed E-state index contributed by atoms with van der Waals surface area (Å²) in [5.74, 6) is -1.12. The highest BCUT2D eigenvalue weighted by Gasteiger charge is 2.30. The number of carbonyl (C=O) groups excluding carboxylic acids is 2. The zero-order chi connectivity index (χ0) is 13.1. The smallest absolute Gasteiger partial charge is 0.410 e. The van der Waals surface area contributed by atoms with Crippen molar-refractivity contribution in [2.75, 3.05) is 6.54 Å². The highest BCUT2D eigenvalue weighted by atomic mass is 16.6. The third-order valence-electron chi connectivity index (χ3n) is 2.66. The van der Waals surface area contributed by atoms with Gasteiger partial charge in [-0.25, -0.2) is 4.79 Å². The molecule has 1 rings (SSSR count). The van der Waals surface area contributed by atoms with Crippen LogP contribution in [-0.4, -0.2) is 35.2 Å². The predicted molar refractivity (Wildman–Crippen MR) is 60.2 cm³/mol. The van der Waals surface area contributed by atoms with Gasteiger partial charge in [-0.05, 0) is 40.0 Å². The number of carboxylic acid groups (broad SMARTS) is 1. The van der Waals surface area contributed by atoms with Crippen molar-refractivity contribution in [3.63, 3.8) is 0 Å². The molecule has 1 aliphatic rings. The van der Waals surface area contributed by atoms with E-state index in [4.69, 9.17) is 4.74 Å². The van der Waals surface area contributed by atoms with Gasteiger partial charge in [0.25, 0.3) is 0 Å². The molecule has 1 heterocycles. The van der Waals surface area contributed by atoms with Crippen molar-refractivity contribution in [2.45, 2.75) is 58.1 Å². The second kappa shape index (κ2) is 5.38. The SMILES string of the molecule is CC(C)(C)OC(=O)N1CCCC[C@H]1CC(=O)[O-]. The third kappa shape index (κ3) is 4.63. The normalized spacial score (nSPS) is 21.1. The van der Waals surface area contributed by atoms with Crippen LogP contribution in [0.25, 0.3) is 0 Å². The number of hydrogen-bond donors (Lipinski definition) is 0. The van der Waals surface area contributed by atoms with Gasteiger partial charge in [0.15, 0.2) is 0 Å². The molecule has 1 amide bonds. The summed E-state index contributed by atoms with van der Waals surface area (Å²) < 4.78 is 5.26. The Morgan fingerprint density at radius 2 is 2.00 bits per heavy atom. The molecule has 98 valence electrons. The van der Waals surface area contributed by atoms with Crippen LogP contribution in [0.15, 0.2) is 0 Å². The Balaban J connectivity index is 2.64. The average Bonchev–Trinajstić information content (AvgIpc) is 2.14. The van der Waals surface area contributed by atoms with Crippen LogP contribution in [0.5, 0.6) is 0 Å². The van der Waals surface area contributed by atoms with Gasteiger partial charge in [-0.1, -0.05) is 0 Å². The van der Waals surface area contributed by atoms with E-state index >= 15 is 0 Å². The quantitative estimate of drug-likeness (QED) is 0.722. The van der Waals surface area contributed by atoms with Crippen molar-refractivity contribution < 1.29 is 19.4 Å². The lowest BCUT2D eigenvalue weighted by molar-refractivity contribution is -0.306. The Morgan fingerprint density at radius 1 is 1.35 bits per heavy atom. The van der Waals surface area contributed by atoms with Crippen molar-refractivity contribution in [3.8, 4) is 0 Å². The number of carbonyl (C=O) groups is 2. The van der Waals surface area contributed by atoms with Gasteiger partial charge in [0.05, 0.1) is 0 Å². The van der Waals surface area contributed by atoms with Crippen LogP contribution in [0.3, 0.4) is 0 Å². The van der Waals surface area contributed by atoms with Gasteiger partial charge in [0.2, 0.25) is 0 Å². The van der Waals surface area contributed by atoms with Crippen molar-refractivity contribution in [1.29, 1.82) is 0 Å². The van der Waals surface area contributed by atoms with E-state index in [1.165, 1.54) is 4.90 Å². The van der Waals surface area contributed by atoms with Gasteiger partial charge in [0, 0.05) is 25.0 Å². The molecule has 1 aliphatic heterocycles. The van der Waals surface area contributed by atoms with Crippen LogP contribution in [-0.2, 0) is 9.53 Å². The molecule has 17 heavy (non-hydrogen) atoms. The summed E-state index contributed by atoms with van der Waals surface area (Å²) in [6.07, 6.45) is 2.00. The molecule has 0 radical (unpaired) electrons. The fraction of sp³-hybridized carbons (Fsp3) is 0.833. The minimum absolute atomic E-state index is 0.112. The maximum Gasteiger partial charge on any atom is 0.410 e. The molecule has 5 nitrogen and oxygen atoms in total. The largest absolute Gasteiger partial charge is 0.550 e. The Kier molecular flexibility index (Phi) is 4.37. The molecular weight excluding hydrogens is 222 g/mol. The molecule has 5 heteroatoms. The first kappa shape index (κ1) is 13.8. The number of ether oxygens (including phenoxy) is 1. The molecule has 0 N–H and O–H groups in total. The van der Waals surface area contributed by atoms with Crippen LogP contribution in [0.2, 0.25) is 0 Å². The Bertz CT molecular complexity index is 295. The van der Waals surface area contributed by atoms with Crippen LogP contribution in [0, 0.1) is 0 Å². The van der Waals surface area contributed by atoms with E-state index in [0.717, 1.165) is 12.8 Å². The summed E-state index contributed by atoms with van der Waals surface area (Å²) in [4.78, 5) is 24.0. The van der Waals surface area contributed by atoms with Crippen LogP contribution in [0.1, 0.15) is 46.5 Å². The molecule has 0 aromatic carbocycles. The molecule has 0 aromatic heterocycles. The van der Waals surface area contributed by atoms with Crippen molar-refractivity contribution >= 4 is 12.1 Å². The van der Waals surface area contributed by atoms with Gasteiger partial charge in [-0.3, -0.25) is 0 Å². The minimum Gasteiger partial charge on any atom is -0.550 e. The number of aliphatic carboxylic acids is 1. The van der Waals surface area contributed by atoms with Crippen LogP contribution >= 0.6 is 0 Å². The first-order chi connectivity index (χ1) is 7.79. The lowest BCUT2D eigenvalue weighted by Gasteiger charge is -2.36. The highest BCUT2D eigenvalue weighted by molar-refractivity contribution is 5.71. The zero-order valence-corrected chi connectivity index (χ0v) is 10.7. The standard InChI is InChI=1S/C12H21NO4/c1-12(2,3)17-11(16)13-7-5-4-6-9(13)8-10(14)15/h9H,4-8H2,1-3H3,(H,14,15)/p-1/t9-/m0/s1. The predicted octanol–water partition coefficient (Wildman–Crippen LogP) is 0.916. The van der Waals surface area contributed by atoms with E-state index in [0.29, 0.717) is 13.0 Å². The maximum atomic E-state index is 11.9. The Hall–Kier alpha value is -1.26. The van der Waals surface area contributed by atoms with Gasteiger partial charge in [0.1, 0.15) is 5.60 Å². The van der Waals surface area contributed by atoms with Gasteiger partial charge >= 0.3 is 6.09 Å². The summed E-state index contributed by atoms with van der Waals surface area (Å²) in [6.45, 7) is 5.95. The summed E-state index contributed by atoms with van der Waals surface area (Å²) in [5, 5.41) is 10.6. The Morgan fingerprint density at radius 3 is 2.53 bits per heavy atom. The first-order valence-corrected chi connectivity index (χ1v) is 5.99. The fourth-order valence-electron chi connectivity index (χ4n) is 1.97. The van der Waals surface area contributed by atoms with E-state index in [-0.39, 0.29) is 12.5 Å². The molecule has 0 bridgehead atoms. The Labute approximate surface area is 102 Å². The third-order valence-corrected chi connectivity index (χ3v) is 2.66. The topological polar surface area (TPSA) is 69.7 Å². The lowest BCUT2D eigenvalue weighted by Crippen LogP contribution is -2.48. The molecule has 1 atom stereocenters. The highest BCUT2D eigenvalue weighted by Crippen LogP contribution is 2.22.